The van der Waals surface area contributed by atoms with Crippen LogP contribution in [-0.4, -0.2) is 29.9 Å². The lowest BCUT2D eigenvalue weighted by atomic mass is 10.1. The molecule has 0 radical (unpaired) electrons. The average molecular weight is 326 g/mol. The number of hydrogen-bond donors (Lipinski definition) is 1. The highest BCUT2D eigenvalue weighted by molar-refractivity contribution is 5.94. The summed E-state index contributed by atoms with van der Waals surface area (Å²) in [6.07, 6.45) is 3.41. The predicted octanol–water partition coefficient (Wildman–Crippen LogP) is 2.66. The Labute approximate surface area is 139 Å². The number of benzene rings is 1. The van der Waals surface area contributed by atoms with Gasteiger partial charge in [-0.25, -0.2) is 0 Å². The molecule has 1 saturated carbocycles. The summed E-state index contributed by atoms with van der Waals surface area (Å²) in [7, 11) is 0. The number of fused-ring (bicyclic) bond motifs is 1. The fourth-order valence-electron chi connectivity index (χ4n) is 2.79. The van der Waals surface area contributed by atoms with Gasteiger partial charge in [-0.05, 0) is 43.2 Å². The summed E-state index contributed by atoms with van der Waals surface area (Å²) in [6, 6.07) is 8.91. The quantitative estimate of drug-likeness (QED) is 0.941. The zero-order valence-electron chi connectivity index (χ0n) is 13.2. The molecule has 1 aliphatic carbocycles. The molecule has 124 valence electrons. The summed E-state index contributed by atoms with van der Waals surface area (Å²) >= 11 is 0. The van der Waals surface area contributed by atoms with Crippen molar-refractivity contribution in [1.82, 2.24) is 4.90 Å². The van der Waals surface area contributed by atoms with Gasteiger partial charge in [-0.3, -0.25) is 9.59 Å². The van der Waals surface area contributed by atoms with Crippen LogP contribution in [0.1, 0.15) is 29.0 Å². The lowest BCUT2D eigenvalue weighted by molar-refractivity contribution is -0.117. The van der Waals surface area contributed by atoms with E-state index in [0.717, 1.165) is 29.8 Å². The number of carbonyl (C=O) groups excluding carboxylic acids is 2. The van der Waals surface area contributed by atoms with Crippen molar-refractivity contribution in [3.05, 3.63) is 47.9 Å². The second-order valence-electron chi connectivity index (χ2n) is 6.14. The number of furan rings is 1. The molecular formula is C18H18N2O4. The fraction of sp³-hybridized carbons (Fsp3) is 0.333. The molecule has 1 aromatic carbocycles. The Hall–Kier alpha value is -2.76. The molecule has 1 fully saturated rings. The van der Waals surface area contributed by atoms with Crippen LogP contribution >= 0.6 is 0 Å². The van der Waals surface area contributed by atoms with E-state index in [0.29, 0.717) is 25.5 Å². The van der Waals surface area contributed by atoms with Crippen LogP contribution in [-0.2, 0) is 11.3 Å². The number of amides is 2. The van der Waals surface area contributed by atoms with Crippen LogP contribution in [0.3, 0.4) is 0 Å². The van der Waals surface area contributed by atoms with Crippen molar-refractivity contribution in [3.8, 4) is 5.75 Å². The van der Waals surface area contributed by atoms with Gasteiger partial charge in [0.2, 0.25) is 5.91 Å². The highest BCUT2D eigenvalue weighted by Crippen LogP contribution is 2.32. The van der Waals surface area contributed by atoms with Crippen LogP contribution in [0, 0.1) is 5.92 Å². The Bertz CT molecular complexity index is 765. The van der Waals surface area contributed by atoms with Crippen molar-refractivity contribution < 1.29 is 18.7 Å². The monoisotopic (exact) mass is 326 g/mol. The van der Waals surface area contributed by atoms with Gasteiger partial charge in [-0.2, -0.15) is 0 Å². The number of anilines is 1. The molecule has 0 bridgehead atoms. The summed E-state index contributed by atoms with van der Waals surface area (Å²) in [5, 5.41) is 2.93. The third-order valence-corrected chi connectivity index (χ3v) is 4.28. The average Bonchev–Trinajstić information content (AvgIpc) is 3.34. The van der Waals surface area contributed by atoms with Crippen molar-refractivity contribution in [3.63, 3.8) is 0 Å². The van der Waals surface area contributed by atoms with Crippen molar-refractivity contribution in [2.45, 2.75) is 19.4 Å². The third-order valence-electron chi connectivity index (χ3n) is 4.28. The minimum atomic E-state index is -0.163. The van der Waals surface area contributed by atoms with Crippen LogP contribution in [0.15, 0.2) is 41.0 Å². The largest absolute Gasteiger partial charge is 0.491 e. The number of nitrogens with zero attached hydrogens (tertiary/aromatic N) is 1. The Balaban J connectivity index is 1.54. The van der Waals surface area contributed by atoms with Crippen molar-refractivity contribution in [2.24, 2.45) is 5.92 Å². The van der Waals surface area contributed by atoms with Gasteiger partial charge in [0.15, 0.2) is 5.76 Å². The second-order valence-corrected chi connectivity index (χ2v) is 6.14. The van der Waals surface area contributed by atoms with E-state index in [2.05, 4.69) is 5.32 Å². The molecule has 6 nitrogen and oxygen atoms in total. The zero-order valence-corrected chi connectivity index (χ0v) is 13.2. The molecule has 2 amide bonds. The Kier molecular flexibility index (Phi) is 3.72. The summed E-state index contributed by atoms with van der Waals surface area (Å²) in [5.74, 6) is 1.11. The smallest absolute Gasteiger partial charge is 0.289 e. The van der Waals surface area contributed by atoms with Gasteiger partial charge in [0.05, 0.1) is 12.8 Å². The number of nitrogens with one attached hydrogen (secondary N) is 1. The molecule has 6 heteroatoms. The molecule has 4 rings (SSSR count). The van der Waals surface area contributed by atoms with Crippen LogP contribution < -0.4 is 10.1 Å². The van der Waals surface area contributed by atoms with Gasteiger partial charge in [0.25, 0.3) is 5.91 Å². The molecule has 0 saturated heterocycles. The van der Waals surface area contributed by atoms with Crippen molar-refractivity contribution in [1.29, 1.82) is 0 Å². The Morgan fingerprint density at radius 1 is 1.21 bits per heavy atom. The highest BCUT2D eigenvalue weighted by atomic mass is 16.5. The van der Waals surface area contributed by atoms with E-state index in [1.165, 1.54) is 6.26 Å². The lowest BCUT2D eigenvalue weighted by Gasteiger charge is -2.18. The summed E-state index contributed by atoms with van der Waals surface area (Å²) in [6.45, 7) is 1.33. The lowest BCUT2D eigenvalue weighted by Crippen LogP contribution is -2.32. The van der Waals surface area contributed by atoms with Gasteiger partial charge in [-0.15, -0.1) is 0 Å². The number of ether oxygens (including phenoxy) is 1. The molecule has 2 aromatic rings. The van der Waals surface area contributed by atoms with E-state index in [-0.39, 0.29) is 17.7 Å². The maximum atomic E-state index is 12.5. The van der Waals surface area contributed by atoms with E-state index in [1.54, 1.807) is 17.0 Å². The standard InChI is InChI=1S/C18H18N2O4/c21-17(12-3-4-12)19-14-5-6-15-13(10-14)11-20(7-9-24-15)18(22)16-2-1-8-23-16/h1-2,5-6,8,10,12H,3-4,7,9,11H2,(H,19,21). The van der Waals surface area contributed by atoms with Gasteiger partial charge in [0, 0.05) is 23.7 Å². The van der Waals surface area contributed by atoms with Crippen LogP contribution in [0.25, 0.3) is 0 Å². The van der Waals surface area contributed by atoms with Gasteiger partial charge in [-0.1, -0.05) is 0 Å². The predicted molar refractivity (Wildman–Crippen MR) is 86.7 cm³/mol. The molecule has 24 heavy (non-hydrogen) atoms. The first-order chi connectivity index (χ1) is 11.7. The zero-order chi connectivity index (χ0) is 16.5. The van der Waals surface area contributed by atoms with E-state index >= 15 is 0 Å². The van der Waals surface area contributed by atoms with Gasteiger partial charge in [0.1, 0.15) is 12.4 Å². The minimum absolute atomic E-state index is 0.0630. The number of carbonyl (C=O) groups is 2. The van der Waals surface area contributed by atoms with Crippen LogP contribution in [0.5, 0.6) is 5.75 Å². The van der Waals surface area contributed by atoms with E-state index in [9.17, 15) is 9.59 Å². The SMILES string of the molecule is O=C(Nc1ccc2c(c1)CN(C(=O)c1ccco1)CCO2)C1CC1. The molecule has 0 spiro atoms. The molecule has 0 atom stereocenters. The molecule has 0 unspecified atom stereocenters. The van der Waals surface area contributed by atoms with Crippen molar-refractivity contribution in [2.75, 3.05) is 18.5 Å². The van der Waals surface area contributed by atoms with Crippen LogP contribution in [0.4, 0.5) is 5.69 Å². The Morgan fingerprint density at radius 3 is 2.83 bits per heavy atom. The Morgan fingerprint density at radius 2 is 2.08 bits per heavy atom. The molecule has 1 N–H and O–H groups in total. The highest BCUT2D eigenvalue weighted by Gasteiger charge is 2.30. The topological polar surface area (TPSA) is 71.8 Å². The first-order valence-electron chi connectivity index (χ1n) is 8.10. The fourth-order valence-corrected chi connectivity index (χ4v) is 2.79. The molecule has 1 aliphatic heterocycles. The first kappa shape index (κ1) is 14.8. The van der Waals surface area contributed by atoms with E-state index in [4.69, 9.17) is 9.15 Å². The molecule has 2 heterocycles. The van der Waals surface area contributed by atoms with E-state index in [1.807, 2.05) is 18.2 Å². The summed E-state index contributed by atoms with van der Waals surface area (Å²) < 4.78 is 10.9. The van der Waals surface area contributed by atoms with Gasteiger partial charge >= 0.3 is 0 Å². The van der Waals surface area contributed by atoms with Gasteiger partial charge < -0.3 is 19.4 Å². The molecule has 1 aromatic heterocycles. The first-order valence-corrected chi connectivity index (χ1v) is 8.10. The normalized spacial score (nSPS) is 16.8. The molecular weight excluding hydrogens is 308 g/mol. The van der Waals surface area contributed by atoms with Crippen LogP contribution in [0.2, 0.25) is 0 Å². The van der Waals surface area contributed by atoms with E-state index < -0.39 is 0 Å². The number of hydrogen-bond acceptors (Lipinski definition) is 4. The molecule has 2 aliphatic rings. The second kappa shape index (κ2) is 6.03. The maximum absolute atomic E-state index is 12.5. The summed E-state index contributed by atoms with van der Waals surface area (Å²) in [5.41, 5.74) is 1.61. The summed E-state index contributed by atoms with van der Waals surface area (Å²) in [4.78, 5) is 26.1. The third kappa shape index (κ3) is 2.99. The maximum Gasteiger partial charge on any atom is 0.289 e. The minimum Gasteiger partial charge on any atom is -0.491 e. The number of rotatable bonds is 3. The van der Waals surface area contributed by atoms with Crippen molar-refractivity contribution >= 4 is 17.5 Å².